The molecule has 6 nitrogen and oxygen atoms in total. The summed E-state index contributed by atoms with van der Waals surface area (Å²) in [4.78, 5) is 19.9. The molecule has 1 fully saturated rings. The molecule has 30 heavy (non-hydrogen) atoms. The Balaban J connectivity index is 1.46. The minimum absolute atomic E-state index is 0.0225. The summed E-state index contributed by atoms with van der Waals surface area (Å²) in [6.07, 6.45) is 2.22. The summed E-state index contributed by atoms with van der Waals surface area (Å²) in [5, 5.41) is 1.31. The maximum absolute atomic E-state index is 13.4. The van der Waals surface area contributed by atoms with Gasteiger partial charge in [0.2, 0.25) is 12.7 Å². The van der Waals surface area contributed by atoms with E-state index in [0.717, 1.165) is 40.8 Å². The molecule has 8 heteroatoms. The lowest BCUT2D eigenvalue weighted by Gasteiger charge is -2.23. The molecular weight excluding hydrogens is 424 g/mol. The summed E-state index contributed by atoms with van der Waals surface area (Å²) in [5.41, 5.74) is 2.75. The van der Waals surface area contributed by atoms with E-state index in [1.807, 2.05) is 37.3 Å². The van der Waals surface area contributed by atoms with Crippen LogP contribution in [0.4, 0.5) is 5.13 Å². The first kappa shape index (κ1) is 19.6. The maximum atomic E-state index is 13.4. The average Bonchev–Trinajstić information content (AvgIpc) is 3.49. The molecule has 156 valence electrons. The third-order valence-electron chi connectivity index (χ3n) is 5.42. The van der Waals surface area contributed by atoms with Gasteiger partial charge in [-0.2, -0.15) is 0 Å². The number of anilines is 1. The van der Waals surface area contributed by atoms with E-state index >= 15 is 0 Å². The van der Waals surface area contributed by atoms with E-state index in [1.165, 1.54) is 11.3 Å². The van der Waals surface area contributed by atoms with E-state index in [0.29, 0.717) is 28.2 Å². The molecule has 0 unspecified atom stereocenters. The van der Waals surface area contributed by atoms with Crippen molar-refractivity contribution in [1.82, 2.24) is 4.98 Å². The molecule has 2 aromatic carbocycles. The molecule has 3 heterocycles. The van der Waals surface area contributed by atoms with Crippen molar-refractivity contribution in [2.24, 2.45) is 0 Å². The number of carbonyl (C=O) groups excluding carboxylic acids is 1. The van der Waals surface area contributed by atoms with Gasteiger partial charge in [0, 0.05) is 6.61 Å². The third kappa shape index (κ3) is 3.73. The highest BCUT2D eigenvalue weighted by Gasteiger charge is 2.27. The average molecular weight is 445 g/mol. The Morgan fingerprint density at radius 2 is 2.13 bits per heavy atom. The van der Waals surface area contributed by atoms with Gasteiger partial charge in [0.15, 0.2) is 16.6 Å². The molecular formula is C22H21ClN2O4S. The van der Waals surface area contributed by atoms with Crippen molar-refractivity contribution in [3.8, 4) is 11.5 Å². The first-order chi connectivity index (χ1) is 14.6. The number of fused-ring (bicyclic) bond motifs is 2. The van der Waals surface area contributed by atoms with Crippen molar-refractivity contribution in [3.05, 3.63) is 46.5 Å². The van der Waals surface area contributed by atoms with Crippen LogP contribution in [-0.2, 0) is 16.0 Å². The zero-order chi connectivity index (χ0) is 20.7. The number of nitrogens with zero attached hydrogens (tertiary/aromatic N) is 2. The van der Waals surface area contributed by atoms with E-state index in [1.54, 1.807) is 4.90 Å². The Morgan fingerprint density at radius 1 is 1.27 bits per heavy atom. The van der Waals surface area contributed by atoms with Crippen LogP contribution in [0.5, 0.6) is 11.5 Å². The van der Waals surface area contributed by atoms with Crippen molar-refractivity contribution in [3.63, 3.8) is 0 Å². The van der Waals surface area contributed by atoms with Crippen LogP contribution >= 0.6 is 22.9 Å². The van der Waals surface area contributed by atoms with E-state index in [2.05, 4.69) is 0 Å². The predicted octanol–water partition coefficient (Wildman–Crippen LogP) is 4.74. The number of thiazole rings is 1. The number of halogens is 1. The third-order valence-corrected chi connectivity index (χ3v) is 6.96. The number of ether oxygens (including phenoxy) is 3. The Kier molecular flexibility index (Phi) is 5.26. The number of aromatic nitrogens is 1. The van der Waals surface area contributed by atoms with Gasteiger partial charge in [0.1, 0.15) is 0 Å². The first-order valence-electron chi connectivity index (χ1n) is 9.94. The second-order valence-electron chi connectivity index (χ2n) is 7.54. The molecule has 0 saturated carbocycles. The predicted molar refractivity (Wildman–Crippen MR) is 117 cm³/mol. The maximum Gasteiger partial charge on any atom is 0.233 e. The molecule has 1 aromatic heterocycles. The van der Waals surface area contributed by atoms with Crippen molar-refractivity contribution >= 4 is 44.2 Å². The van der Waals surface area contributed by atoms with Gasteiger partial charge in [0.05, 0.1) is 34.3 Å². The molecule has 0 bridgehead atoms. The Morgan fingerprint density at radius 3 is 2.93 bits per heavy atom. The van der Waals surface area contributed by atoms with Gasteiger partial charge < -0.3 is 14.2 Å². The lowest BCUT2D eigenvalue weighted by Crippen LogP contribution is -2.38. The lowest BCUT2D eigenvalue weighted by atomic mass is 10.1. The topological polar surface area (TPSA) is 60.9 Å². The van der Waals surface area contributed by atoms with Crippen LogP contribution in [0.1, 0.15) is 24.0 Å². The molecule has 3 aromatic rings. The van der Waals surface area contributed by atoms with E-state index in [9.17, 15) is 4.79 Å². The van der Waals surface area contributed by atoms with Crippen LogP contribution in [0.2, 0.25) is 5.02 Å². The number of hydrogen-bond donors (Lipinski definition) is 0. The van der Waals surface area contributed by atoms with E-state index in [4.69, 9.17) is 30.8 Å². The number of benzene rings is 2. The monoisotopic (exact) mass is 444 g/mol. The molecule has 0 spiro atoms. The molecule has 2 aliphatic rings. The highest BCUT2D eigenvalue weighted by molar-refractivity contribution is 7.23. The fourth-order valence-electron chi connectivity index (χ4n) is 3.81. The zero-order valence-electron chi connectivity index (χ0n) is 16.5. The molecule has 0 N–H and O–H groups in total. The molecule has 2 aliphatic heterocycles. The Labute approximate surface area is 183 Å². The molecule has 0 aliphatic carbocycles. The normalized spacial score (nSPS) is 17.6. The van der Waals surface area contributed by atoms with Crippen LogP contribution in [0.3, 0.4) is 0 Å². The van der Waals surface area contributed by atoms with Crippen LogP contribution in [0, 0.1) is 6.92 Å². The summed E-state index contributed by atoms with van der Waals surface area (Å²) >= 11 is 7.85. The fourth-order valence-corrected chi connectivity index (χ4v) is 5.15. The molecule has 5 rings (SSSR count). The van der Waals surface area contributed by atoms with Crippen LogP contribution in [0.25, 0.3) is 10.2 Å². The highest BCUT2D eigenvalue weighted by Crippen LogP contribution is 2.37. The Hall–Kier alpha value is -2.35. The van der Waals surface area contributed by atoms with Crippen molar-refractivity contribution in [2.75, 3.05) is 24.8 Å². The number of rotatable bonds is 5. The van der Waals surface area contributed by atoms with Crippen LogP contribution in [-0.4, -0.2) is 36.9 Å². The summed E-state index contributed by atoms with van der Waals surface area (Å²) in [5.74, 6) is 1.35. The van der Waals surface area contributed by atoms with Crippen molar-refractivity contribution in [1.29, 1.82) is 0 Å². The van der Waals surface area contributed by atoms with Gasteiger partial charge in [-0.05, 0) is 49.1 Å². The smallest absolute Gasteiger partial charge is 0.233 e. The number of hydrogen-bond acceptors (Lipinski definition) is 6. The van der Waals surface area contributed by atoms with E-state index in [-0.39, 0.29) is 25.2 Å². The number of carbonyl (C=O) groups is 1. The number of aryl methyl sites for hydroxylation is 1. The van der Waals surface area contributed by atoms with Gasteiger partial charge in [0.25, 0.3) is 0 Å². The molecule has 0 radical (unpaired) electrons. The Bertz CT molecular complexity index is 1070. The largest absolute Gasteiger partial charge is 0.454 e. The summed E-state index contributed by atoms with van der Waals surface area (Å²) in [7, 11) is 0. The zero-order valence-corrected chi connectivity index (χ0v) is 18.1. The fraction of sp³-hybridized carbons (Fsp3) is 0.364. The second kappa shape index (κ2) is 8.06. The van der Waals surface area contributed by atoms with Gasteiger partial charge in [-0.3, -0.25) is 9.69 Å². The lowest BCUT2D eigenvalue weighted by molar-refractivity contribution is -0.118. The SMILES string of the molecule is Cc1ccc(Cl)c2sc(N(C[C@H]3CCCO3)C(=O)Cc3ccc4c(c3)OCO4)nc12. The van der Waals surface area contributed by atoms with Gasteiger partial charge >= 0.3 is 0 Å². The van der Waals surface area contributed by atoms with E-state index < -0.39 is 0 Å². The van der Waals surface area contributed by atoms with Crippen molar-refractivity contribution in [2.45, 2.75) is 32.3 Å². The summed E-state index contributed by atoms with van der Waals surface area (Å²) in [6.45, 7) is 3.43. The molecule has 1 saturated heterocycles. The standard InChI is InChI=1S/C22H21ClN2O4S/c1-13-4-6-16(23)21-20(13)24-22(30-21)25(11-15-3-2-8-27-15)19(26)10-14-5-7-17-18(9-14)29-12-28-17/h4-7,9,15H,2-3,8,10-12H2,1H3/t15-/m1/s1. The van der Waals surface area contributed by atoms with Crippen LogP contribution < -0.4 is 14.4 Å². The van der Waals surface area contributed by atoms with Crippen LogP contribution in [0.15, 0.2) is 30.3 Å². The first-order valence-corrected chi connectivity index (χ1v) is 11.1. The quantitative estimate of drug-likeness (QED) is 0.568. The molecule has 1 amide bonds. The van der Waals surface area contributed by atoms with Gasteiger partial charge in [-0.1, -0.05) is 35.1 Å². The second-order valence-corrected chi connectivity index (χ2v) is 8.93. The highest BCUT2D eigenvalue weighted by atomic mass is 35.5. The number of amides is 1. The minimum Gasteiger partial charge on any atom is -0.454 e. The van der Waals surface area contributed by atoms with Crippen molar-refractivity contribution < 1.29 is 19.0 Å². The van der Waals surface area contributed by atoms with Gasteiger partial charge in [-0.15, -0.1) is 0 Å². The summed E-state index contributed by atoms with van der Waals surface area (Å²) in [6, 6.07) is 9.43. The van der Waals surface area contributed by atoms with Gasteiger partial charge in [-0.25, -0.2) is 4.98 Å². The minimum atomic E-state index is -0.0304. The summed E-state index contributed by atoms with van der Waals surface area (Å²) < 4.78 is 17.5. The molecule has 1 atom stereocenters.